The molecule has 2 heterocycles. The first-order chi connectivity index (χ1) is 12.5. The molecule has 0 bridgehead atoms. The molecule has 1 aromatic heterocycles. The van der Waals surface area contributed by atoms with Crippen LogP contribution in [0, 0.1) is 0 Å². The summed E-state index contributed by atoms with van der Waals surface area (Å²) >= 11 is 0. The van der Waals surface area contributed by atoms with Gasteiger partial charge in [-0.1, -0.05) is 19.1 Å². The van der Waals surface area contributed by atoms with E-state index in [-0.39, 0.29) is 11.9 Å². The molecular weight excluding hydrogens is 330 g/mol. The van der Waals surface area contributed by atoms with Crippen molar-refractivity contribution in [3.63, 3.8) is 0 Å². The van der Waals surface area contributed by atoms with Crippen LogP contribution in [0.1, 0.15) is 64.2 Å². The van der Waals surface area contributed by atoms with Crippen molar-refractivity contribution in [2.24, 2.45) is 0 Å². The van der Waals surface area contributed by atoms with Crippen LogP contribution in [0.5, 0.6) is 0 Å². The minimum atomic E-state index is -0.908. The minimum Gasteiger partial charge on any atom is -0.478 e. The quantitative estimate of drug-likeness (QED) is 0.831. The number of hydrogen-bond donors (Lipinski definition) is 2. The first-order valence-corrected chi connectivity index (χ1v) is 8.86. The summed E-state index contributed by atoms with van der Waals surface area (Å²) in [7, 11) is 0. The van der Waals surface area contributed by atoms with Crippen LogP contribution in [0.3, 0.4) is 0 Å². The third-order valence-corrected chi connectivity index (χ3v) is 4.90. The van der Waals surface area contributed by atoms with Crippen molar-refractivity contribution in [2.45, 2.75) is 39.8 Å². The number of amides is 1. The first-order valence-electron chi connectivity index (χ1n) is 8.86. The predicted octanol–water partition coefficient (Wildman–Crippen LogP) is 3.49. The monoisotopic (exact) mass is 353 g/mol. The van der Waals surface area contributed by atoms with Gasteiger partial charge in [0.25, 0.3) is 5.91 Å². The standard InChI is InChI=1S/C20H23N3O3/c1-4-13-10-14(6-7-15(13)20(25)26)12(3)22-18-17-11-23(5-2)19(24)16(17)8-9-21-18/h6-10,12H,4-5,11H2,1-3H3,(H,21,22)(H,25,26). The number of carbonyl (C=O) groups is 2. The summed E-state index contributed by atoms with van der Waals surface area (Å²) in [6.07, 6.45) is 2.30. The molecule has 1 atom stereocenters. The van der Waals surface area contributed by atoms with E-state index in [9.17, 15) is 14.7 Å². The van der Waals surface area contributed by atoms with Crippen molar-refractivity contribution in [1.29, 1.82) is 0 Å². The fraction of sp³-hybridized carbons (Fsp3) is 0.350. The Balaban J connectivity index is 1.87. The lowest BCUT2D eigenvalue weighted by Crippen LogP contribution is -2.22. The SMILES string of the molecule is CCc1cc(C(C)Nc2nccc3c2CN(CC)C3=O)ccc1C(=O)O. The highest BCUT2D eigenvalue weighted by Crippen LogP contribution is 2.30. The Kier molecular flexibility index (Phi) is 4.93. The highest BCUT2D eigenvalue weighted by atomic mass is 16.4. The number of nitrogens with one attached hydrogen (secondary N) is 1. The zero-order chi connectivity index (χ0) is 18.8. The van der Waals surface area contributed by atoms with Gasteiger partial charge in [-0.05, 0) is 43.5 Å². The maximum absolute atomic E-state index is 12.3. The van der Waals surface area contributed by atoms with Gasteiger partial charge in [-0.2, -0.15) is 0 Å². The Morgan fingerprint density at radius 2 is 2.12 bits per heavy atom. The molecular formula is C20H23N3O3. The summed E-state index contributed by atoms with van der Waals surface area (Å²) in [4.78, 5) is 29.9. The van der Waals surface area contributed by atoms with Gasteiger partial charge in [-0.25, -0.2) is 9.78 Å². The van der Waals surface area contributed by atoms with Crippen molar-refractivity contribution in [2.75, 3.05) is 11.9 Å². The molecule has 0 saturated heterocycles. The molecule has 0 spiro atoms. The van der Waals surface area contributed by atoms with Crippen molar-refractivity contribution < 1.29 is 14.7 Å². The van der Waals surface area contributed by atoms with Gasteiger partial charge in [0.2, 0.25) is 0 Å². The minimum absolute atomic E-state index is 0.0414. The Hall–Kier alpha value is -2.89. The number of fused-ring (bicyclic) bond motifs is 1. The molecule has 1 aromatic carbocycles. The number of rotatable bonds is 6. The molecule has 6 heteroatoms. The maximum atomic E-state index is 12.3. The topological polar surface area (TPSA) is 82.5 Å². The van der Waals surface area contributed by atoms with E-state index in [1.54, 1.807) is 23.2 Å². The third kappa shape index (κ3) is 3.14. The van der Waals surface area contributed by atoms with E-state index in [0.29, 0.717) is 36.5 Å². The number of aryl methyl sites for hydroxylation is 1. The van der Waals surface area contributed by atoms with Crippen LogP contribution in [-0.2, 0) is 13.0 Å². The smallest absolute Gasteiger partial charge is 0.335 e. The van der Waals surface area contributed by atoms with Gasteiger partial charge in [0, 0.05) is 29.9 Å². The number of carboxylic acid groups (broad SMARTS) is 1. The van der Waals surface area contributed by atoms with Crippen LogP contribution >= 0.6 is 0 Å². The van der Waals surface area contributed by atoms with Gasteiger partial charge in [0.1, 0.15) is 5.82 Å². The van der Waals surface area contributed by atoms with Crippen LogP contribution < -0.4 is 5.32 Å². The second kappa shape index (κ2) is 7.15. The van der Waals surface area contributed by atoms with Crippen molar-refractivity contribution in [3.05, 3.63) is 58.3 Å². The molecule has 6 nitrogen and oxygen atoms in total. The van der Waals surface area contributed by atoms with Crippen molar-refractivity contribution >= 4 is 17.7 Å². The third-order valence-electron chi connectivity index (χ3n) is 4.90. The lowest BCUT2D eigenvalue weighted by molar-refractivity contribution is 0.0695. The number of pyridine rings is 1. The number of nitrogens with zero attached hydrogens (tertiary/aromatic N) is 2. The van der Waals surface area contributed by atoms with Crippen molar-refractivity contribution in [3.8, 4) is 0 Å². The molecule has 136 valence electrons. The summed E-state index contributed by atoms with van der Waals surface area (Å²) < 4.78 is 0. The Labute approximate surface area is 152 Å². The molecule has 0 fully saturated rings. The number of benzene rings is 1. The molecule has 0 saturated carbocycles. The van der Waals surface area contributed by atoms with E-state index in [2.05, 4.69) is 10.3 Å². The average Bonchev–Trinajstić information content (AvgIpc) is 2.98. The van der Waals surface area contributed by atoms with Gasteiger partial charge in [0.05, 0.1) is 12.1 Å². The van der Waals surface area contributed by atoms with Gasteiger partial charge in [-0.3, -0.25) is 4.79 Å². The Morgan fingerprint density at radius 1 is 1.35 bits per heavy atom. The van der Waals surface area contributed by atoms with Gasteiger partial charge in [0.15, 0.2) is 0 Å². The van der Waals surface area contributed by atoms with E-state index in [0.717, 1.165) is 16.7 Å². The number of aromatic nitrogens is 1. The number of carbonyl (C=O) groups excluding carboxylic acids is 1. The van der Waals surface area contributed by atoms with E-state index in [1.807, 2.05) is 32.9 Å². The van der Waals surface area contributed by atoms with E-state index in [4.69, 9.17) is 0 Å². The summed E-state index contributed by atoms with van der Waals surface area (Å²) in [5.41, 5.74) is 3.76. The van der Waals surface area contributed by atoms with E-state index >= 15 is 0 Å². The lowest BCUT2D eigenvalue weighted by Gasteiger charge is -2.18. The molecule has 1 aliphatic rings. The number of anilines is 1. The molecule has 2 aromatic rings. The van der Waals surface area contributed by atoms with Crippen LogP contribution in [-0.4, -0.2) is 33.4 Å². The maximum Gasteiger partial charge on any atom is 0.335 e. The highest BCUT2D eigenvalue weighted by Gasteiger charge is 2.29. The number of aromatic carboxylic acids is 1. The van der Waals surface area contributed by atoms with Crippen molar-refractivity contribution in [1.82, 2.24) is 9.88 Å². The number of carboxylic acids is 1. The molecule has 1 unspecified atom stereocenters. The highest BCUT2D eigenvalue weighted by molar-refractivity contribution is 5.99. The van der Waals surface area contributed by atoms with E-state index < -0.39 is 5.97 Å². The van der Waals surface area contributed by atoms with Crippen LogP contribution in [0.25, 0.3) is 0 Å². The normalized spacial score (nSPS) is 14.3. The van der Waals surface area contributed by atoms with Gasteiger partial charge >= 0.3 is 5.97 Å². The molecule has 26 heavy (non-hydrogen) atoms. The molecule has 1 amide bonds. The van der Waals surface area contributed by atoms with Gasteiger partial charge in [-0.15, -0.1) is 0 Å². The summed E-state index contributed by atoms with van der Waals surface area (Å²) in [5, 5.41) is 12.7. The second-order valence-electron chi connectivity index (χ2n) is 6.45. The fourth-order valence-corrected chi connectivity index (χ4v) is 3.34. The molecule has 0 radical (unpaired) electrons. The fourth-order valence-electron chi connectivity index (χ4n) is 3.34. The lowest BCUT2D eigenvalue weighted by atomic mass is 9.98. The number of hydrogen-bond acceptors (Lipinski definition) is 4. The Morgan fingerprint density at radius 3 is 2.77 bits per heavy atom. The summed E-state index contributed by atoms with van der Waals surface area (Å²) in [6.45, 7) is 7.14. The molecule has 1 aliphatic heterocycles. The Bertz CT molecular complexity index is 863. The summed E-state index contributed by atoms with van der Waals surface area (Å²) in [6, 6.07) is 7.11. The molecule has 0 aliphatic carbocycles. The van der Waals surface area contributed by atoms with Crippen LogP contribution in [0.2, 0.25) is 0 Å². The zero-order valence-electron chi connectivity index (χ0n) is 15.2. The zero-order valence-corrected chi connectivity index (χ0v) is 15.2. The summed E-state index contributed by atoms with van der Waals surface area (Å²) in [5.74, 6) is -0.158. The largest absolute Gasteiger partial charge is 0.478 e. The average molecular weight is 353 g/mol. The van der Waals surface area contributed by atoms with Crippen LogP contribution in [0.4, 0.5) is 5.82 Å². The van der Waals surface area contributed by atoms with Gasteiger partial charge < -0.3 is 15.3 Å². The van der Waals surface area contributed by atoms with E-state index in [1.165, 1.54) is 0 Å². The first kappa shape index (κ1) is 17.9. The second-order valence-corrected chi connectivity index (χ2v) is 6.45. The molecule has 3 rings (SSSR count). The van der Waals surface area contributed by atoms with Crippen LogP contribution in [0.15, 0.2) is 30.5 Å². The predicted molar refractivity (Wildman–Crippen MR) is 99.5 cm³/mol. The molecule has 2 N–H and O–H groups in total.